The predicted octanol–water partition coefficient (Wildman–Crippen LogP) is 12.6. The molecule has 0 rings (SSSR count). The summed E-state index contributed by atoms with van der Waals surface area (Å²) in [7, 11) is 5.52. The molecule has 328 valence electrons. The van der Waals surface area contributed by atoms with E-state index in [9.17, 15) is 19.5 Å². The Bertz CT molecular complexity index is 1120. The average molecular weight is 801 g/mol. The number of likely N-dealkylation sites (N-methyl/N-ethyl adjacent to an activating group) is 1. The fourth-order valence-corrected chi connectivity index (χ4v) is 6.36. The minimum Gasteiger partial charge on any atom is -0.477 e. The number of unbranched alkanes of at least 4 members (excludes halogenated alkanes) is 16. The van der Waals surface area contributed by atoms with Gasteiger partial charge in [-0.25, -0.2) is 4.79 Å². The van der Waals surface area contributed by atoms with Crippen LogP contribution in [0.25, 0.3) is 0 Å². The zero-order valence-corrected chi connectivity index (χ0v) is 37.3. The second-order valence-electron chi connectivity index (χ2n) is 16.3. The van der Waals surface area contributed by atoms with E-state index in [0.29, 0.717) is 19.3 Å². The van der Waals surface area contributed by atoms with E-state index in [-0.39, 0.29) is 36.2 Å². The Morgan fingerprint density at radius 3 is 1.47 bits per heavy atom. The number of hydrogen-bond donors (Lipinski definition) is 1. The monoisotopic (exact) mass is 801 g/mol. The SMILES string of the molecule is CC/C=C/C/C=C/C/C=C/C/C=C/CCCCCCCCCCCC(=O)OC(COCCC(C(=O)O)[N+](C)(C)C)COC(=O)CCCCCCC/C=C/CCCC. The summed E-state index contributed by atoms with van der Waals surface area (Å²) in [6, 6.07) is -0.618. The molecule has 0 spiro atoms. The molecular formula is C49H86NO7+. The molecule has 0 heterocycles. The highest BCUT2D eigenvalue weighted by atomic mass is 16.6. The van der Waals surface area contributed by atoms with Crippen LogP contribution in [0.3, 0.4) is 0 Å². The number of hydrogen-bond acceptors (Lipinski definition) is 6. The number of allylic oxidation sites excluding steroid dienone is 10. The predicted molar refractivity (Wildman–Crippen MR) is 238 cm³/mol. The number of esters is 2. The summed E-state index contributed by atoms with van der Waals surface area (Å²) < 4.78 is 17.3. The molecule has 8 nitrogen and oxygen atoms in total. The maximum Gasteiger partial charge on any atom is 0.362 e. The number of carboxylic acids is 1. The summed E-state index contributed by atoms with van der Waals surface area (Å²) in [5, 5.41) is 9.62. The summed E-state index contributed by atoms with van der Waals surface area (Å²) in [6.45, 7) is 4.56. The third kappa shape index (κ3) is 38.3. The van der Waals surface area contributed by atoms with Crippen molar-refractivity contribution in [1.29, 1.82) is 0 Å². The maximum atomic E-state index is 12.7. The van der Waals surface area contributed by atoms with Crippen molar-refractivity contribution in [3.63, 3.8) is 0 Å². The van der Waals surface area contributed by atoms with Gasteiger partial charge in [-0.1, -0.05) is 152 Å². The van der Waals surface area contributed by atoms with Crippen molar-refractivity contribution in [1.82, 2.24) is 0 Å². The molecule has 0 aliphatic carbocycles. The molecule has 2 atom stereocenters. The number of carbonyl (C=O) groups excluding carboxylic acids is 2. The van der Waals surface area contributed by atoms with Gasteiger partial charge >= 0.3 is 17.9 Å². The summed E-state index contributed by atoms with van der Waals surface area (Å²) >= 11 is 0. The molecule has 0 radical (unpaired) electrons. The minimum atomic E-state index is -0.879. The van der Waals surface area contributed by atoms with Gasteiger partial charge in [0.2, 0.25) is 0 Å². The number of carboxylic acid groups (broad SMARTS) is 1. The van der Waals surface area contributed by atoms with Crippen molar-refractivity contribution < 1.29 is 38.2 Å². The number of ether oxygens (including phenoxy) is 3. The smallest absolute Gasteiger partial charge is 0.362 e. The molecule has 0 aliphatic rings. The van der Waals surface area contributed by atoms with Crippen LogP contribution < -0.4 is 0 Å². The molecule has 0 amide bonds. The largest absolute Gasteiger partial charge is 0.477 e. The molecule has 0 bridgehead atoms. The second-order valence-corrected chi connectivity index (χ2v) is 16.3. The Kier molecular flexibility index (Phi) is 37.8. The quantitative estimate of drug-likeness (QED) is 0.0285. The molecule has 0 aromatic heterocycles. The summed E-state index contributed by atoms with van der Waals surface area (Å²) in [6.07, 6.45) is 48.4. The van der Waals surface area contributed by atoms with Gasteiger partial charge in [-0.2, -0.15) is 0 Å². The fraction of sp³-hybridized carbons (Fsp3) is 0.735. The Balaban J connectivity index is 4.28. The van der Waals surface area contributed by atoms with Crippen LogP contribution in [-0.4, -0.2) is 80.6 Å². The Labute approximate surface area is 349 Å². The van der Waals surface area contributed by atoms with E-state index in [4.69, 9.17) is 14.2 Å². The highest BCUT2D eigenvalue weighted by Crippen LogP contribution is 2.14. The van der Waals surface area contributed by atoms with Crippen molar-refractivity contribution in [2.45, 2.75) is 193 Å². The molecular weight excluding hydrogens is 715 g/mol. The van der Waals surface area contributed by atoms with Crippen molar-refractivity contribution in [3.8, 4) is 0 Å². The van der Waals surface area contributed by atoms with Gasteiger partial charge in [0.15, 0.2) is 12.1 Å². The molecule has 0 saturated carbocycles. The molecule has 2 unspecified atom stereocenters. The lowest BCUT2D eigenvalue weighted by Crippen LogP contribution is -2.50. The maximum absolute atomic E-state index is 12.7. The number of aliphatic carboxylic acids is 1. The number of quaternary nitrogens is 1. The van der Waals surface area contributed by atoms with Gasteiger partial charge in [-0.15, -0.1) is 0 Å². The zero-order chi connectivity index (χ0) is 42.1. The second kappa shape index (κ2) is 39.8. The summed E-state index contributed by atoms with van der Waals surface area (Å²) in [5.41, 5.74) is 0. The number of nitrogens with zero attached hydrogens (tertiary/aromatic N) is 1. The first-order chi connectivity index (χ1) is 27.6. The van der Waals surface area contributed by atoms with E-state index < -0.39 is 18.1 Å². The van der Waals surface area contributed by atoms with Crippen molar-refractivity contribution in [2.75, 3.05) is 41.0 Å². The topological polar surface area (TPSA) is 99.1 Å². The lowest BCUT2D eigenvalue weighted by atomic mass is 10.1. The van der Waals surface area contributed by atoms with E-state index in [1.807, 2.05) is 21.1 Å². The first kappa shape index (κ1) is 54.0. The average Bonchev–Trinajstić information content (AvgIpc) is 3.17. The highest BCUT2D eigenvalue weighted by Gasteiger charge is 2.31. The fourth-order valence-electron chi connectivity index (χ4n) is 6.36. The number of carbonyl (C=O) groups is 3. The molecule has 1 N–H and O–H groups in total. The third-order valence-corrected chi connectivity index (χ3v) is 9.90. The van der Waals surface area contributed by atoms with E-state index >= 15 is 0 Å². The van der Waals surface area contributed by atoms with Crippen LogP contribution in [0.2, 0.25) is 0 Å². The minimum absolute atomic E-state index is 0.0544. The van der Waals surface area contributed by atoms with Crippen molar-refractivity contribution >= 4 is 17.9 Å². The number of rotatable bonds is 40. The van der Waals surface area contributed by atoms with Gasteiger partial charge in [0, 0.05) is 19.3 Å². The molecule has 0 aliphatic heterocycles. The van der Waals surface area contributed by atoms with Crippen LogP contribution in [0.5, 0.6) is 0 Å². The van der Waals surface area contributed by atoms with Crippen LogP contribution in [0.1, 0.15) is 181 Å². The van der Waals surface area contributed by atoms with Gasteiger partial charge in [0.25, 0.3) is 0 Å². The highest BCUT2D eigenvalue weighted by molar-refractivity contribution is 5.72. The third-order valence-electron chi connectivity index (χ3n) is 9.90. The molecule has 0 aromatic carbocycles. The lowest BCUT2D eigenvalue weighted by molar-refractivity contribution is -0.887. The van der Waals surface area contributed by atoms with Crippen LogP contribution in [-0.2, 0) is 28.6 Å². The Morgan fingerprint density at radius 1 is 0.544 bits per heavy atom. The molecule has 8 heteroatoms. The van der Waals surface area contributed by atoms with Gasteiger partial charge in [0.1, 0.15) is 6.61 Å². The van der Waals surface area contributed by atoms with E-state index in [1.54, 1.807) is 0 Å². The molecule has 0 fully saturated rings. The zero-order valence-electron chi connectivity index (χ0n) is 37.3. The van der Waals surface area contributed by atoms with Gasteiger partial charge in [-0.3, -0.25) is 9.59 Å². The van der Waals surface area contributed by atoms with Crippen molar-refractivity contribution in [2.24, 2.45) is 0 Å². The van der Waals surface area contributed by atoms with Crippen molar-refractivity contribution in [3.05, 3.63) is 60.8 Å². The van der Waals surface area contributed by atoms with E-state index in [1.165, 1.54) is 64.2 Å². The molecule has 0 aromatic rings. The Morgan fingerprint density at radius 2 is 0.982 bits per heavy atom. The van der Waals surface area contributed by atoms with E-state index in [2.05, 4.69) is 74.6 Å². The Hall–Kier alpha value is -2.97. The van der Waals surface area contributed by atoms with E-state index in [0.717, 1.165) is 83.5 Å². The summed E-state index contributed by atoms with van der Waals surface area (Å²) in [4.78, 5) is 37.0. The first-order valence-corrected chi connectivity index (χ1v) is 22.8. The van der Waals surface area contributed by atoms with Crippen LogP contribution in [0.4, 0.5) is 0 Å². The normalized spacial score (nSPS) is 13.5. The van der Waals surface area contributed by atoms with Crippen LogP contribution >= 0.6 is 0 Å². The van der Waals surface area contributed by atoms with Gasteiger partial charge in [-0.05, 0) is 70.6 Å². The lowest BCUT2D eigenvalue weighted by Gasteiger charge is -2.31. The first-order valence-electron chi connectivity index (χ1n) is 22.8. The molecule has 57 heavy (non-hydrogen) atoms. The van der Waals surface area contributed by atoms with Crippen LogP contribution in [0.15, 0.2) is 60.8 Å². The summed E-state index contributed by atoms with van der Waals surface area (Å²) in [5.74, 6) is -1.49. The van der Waals surface area contributed by atoms with Gasteiger partial charge < -0.3 is 23.8 Å². The van der Waals surface area contributed by atoms with Crippen LogP contribution in [0, 0.1) is 0 Å². The molecule has 0 saturated heterocycles. The standard InChI is InChI=1S/C49H85NO7/c1-6-8-10-12-14-16-18-19-20-21-22-23-24-25-26-27-28-30-32-34-36-38-40-48(52)57-45(43-55-42-41-46(49(53)54)50(3,4)5)44-56-47(51)39-37-35-33-31-29-17-15-13-11-9-7-2/h8,10,13-16,19-20,22-23,45-46H,6-7,9,11-12,17-18,21,24-44H2,1-5H3/p+1/b10-8+,15-13+,16-14+,20-19+,23-22+. The van der Waals surface area contributed by atoms with Gasteiger partial charge in [0.05, 0.1) is 34.4 Å².